The van der Waals surface area contributed by atoms with Gasteiger partial charge in [-0.25, -0.2) is 0 Å². The van der Waals surface area contributed by atoms with Gasteiger partial charge in [0, 0.05) is 16.1 Å². The number of hydrogen-bond acceptors (Lipinski definition) is 1. The van der Waals surface area contributed by atoms with E-state index in [4.69, 9.17) is 12.2 Å². The quantitative estimate of drug-likeness (QED) is 0.686. The maximum absolute atomic E-state index is 5.55. The number of nitrogens with one attached hydrogen (secondary N) is 2. The minimum absolute atomic E-state index is 0.194. The summed E-state index contributed by atoms with van der Waals surface area (Å²) in [5.41, 5.74) is 2.68. The largest absolute Gasteiger partial charge is 0.352 e. The van der Waals surface area contributed by atoms with E-state index in [2.05, 4.69) is 56.9 Å². The van der Waals surface area contributed by atoms with E-state index in [0.29, 0.717) is 5.92 Å². The van der Waals surface area contributed by atoms with Crippen molar-refractivity contribution in [2.24, 2.45) is 29.6 Å². The Morgan fingerprint density at radius 3 is 2.17 bits per heavy atom. The van der Waals surface area contributed by atoms with E-state index in [0.717, 1.165) is 33.3 Å². The molecule has 0 spiro atoms. The van der Waals surface area contributed by atoms with Crippen LogP contribution in [0.3, 0.4) is 0 Å². The zero-order valence-corrected chi connectivity index (χ0v) is 16.1. The summed E-state index contributed by atoms with van der Waals surface area (Å²) in [5.74, 6) is 4.49. The van der Waals surface area contributed by atoms with Gasteiger partial charge in [-0.1, -0.05) is 28.1 Å². The third-order valence-corrected chi connectivity index (χ3v) is 7.45. The molecular formula is C20H23BrN2S. The molecular weight excluding hydrogens is 380 g/mol. The van der Waals surface area contributed by atoms with Crippen LogP contribution >= 0.6 is 28.1 Å². The lowest BCUT2D eigenvalue weighted by Crippen LogP contribution is -2.51. The Morgan fingerprint density at radius 2 is 1.54 bits per heavy atom. The molecule has 2 N–H and O–H groups in total. The fraction of sp³-hybridized carbons (Fsp3) is 0.550. The molecule has 0 amide bonds. The summed E-state index contributed by atoms with van der Waals surface area (Å²) in [4.78, 5) is 0. The summed E-state index contributed by atoms with van der Waals surface area (Å²) in [6.07, 6.45) is 9.69. The van der Waals surface area contributed by atoms with E-state index in [1.54, 1.807) is 0 Å². The van der Waals surface area contributed by atoms with E-state index in [1.807, 2.05) is 0 Å². The summed E-state index contributed by atoms with van der Waals surface area (Å²) in [6, 6.07) is 8.78. The van der Waals surface area contributed by atoms with Gasteiger partial charge in [-0.3, -0.25) is 0 Å². The monoisotopic (exact) mass is 402 g/mol. The van der Waals surface area contributed by atoms with Crippen LogP contribution in [0.2, 0.25) is 0 Å². The van der Waals surface area contributed by atoms with Crippen LogP contribution in [-0.2, 0) is 0 Å². The minimum atomic E-state index is 0.194. The van der Waals surface area contributed by atoms with Gasteiger partial charge in [-0.2, -0.15) is 0 Å². The lowest BCUT2D eigenvalue weighted by Gasteiger charge is -2.55. The first-order valence-electron chi connectivity index (χ1n) is 9.20. The molecule has 24 heavy (non-hydrogen) atoms. The number of halogens is 1. The molecule has 1 aromatic carbocycles. The lowest BCUT2D eigenvalue weighted by atomic mass is 9.51. The number of hydrogen-bond donors (Lipinski definition) is 2. The lowest BCUT2D eigenvalue weighted by molar-refractivity contribution is -0.0226. The molecule has 4 aliphatic carbocycles. The highest BCUT2D eigenvalue weighted by Crippen LogP contribution is 2.58. The number of rotatable bonds is 2. The molecule has 6 rings (SSSR count). The van der Waals surface area contributed by atoms with Crippen LogP contribution in [0.4, 0.5) is 0 Å². The molecule has 1 heterocycles. The summed E-state index contributed by atoms with van der Waals surface area (Å²) in [6.45, 7) is 0. The Hall–Kier alpha value is -0.870. The van der Waals surface area contributed by atoms with Crippen molar-refractivity contribution in [2.45, 2.75) is 38.1 Å². The third-order valence-electron chi connectivity index (χ3n) is 6.71. The van der Waals surface area contributed by atoms with Crippen molar-refractivity contribution >= 4 is 33.3 Å². The molecule has 0 aromatic heterocycles. The average molecular weight is 403 g/mol. The first kappa shape index (κ1) is 15.4. The van der Waals surface area contributed by atoms with Crippen molar-refractivity contribution in [1.82, 2.24) is 10.6 Å². The third kappa shape index (κ3) is 2.62. The van der Waals surface area contributed by atoms with Crippen LogP contribution in [0.25, 0.3) is 0 Å². The Balaban J connectivity index is 1.46. The highest BCUT2D eigenvalue weighted by Gasteiger charge is 2.49. The van der Waals surface area contributed by atoms with Gasteiger partial charge in [-0.15, -0.1) is 0 Å². The van der Waals surface area contributed by atoms with Crippen LogP contribution in [-0.4, -0.2) is 5.11 Å². The first-order valence-corrected chi connectivity index (χ1v) is 10.4. The van der Waals surface area contributed by atoms with Crippen molar-refractivity contribution in [3.8, 4) is 0 Å². The van der Waals surface area contributed by atoms with Gasteiger partial charge in [-0.05, 0) is 91.8 Å². The van der Waals surface area contributed by atoms with Crippen molar-refractivity contribution in [3.63, 3.8) is 0 Å². The van der Waals surface area contributed by atoms with Gasteiger partial charge in [0.05, 0.1) is 6.04 Å². The Labute approximate surface area is 157 Å². The van der Waals surface area contributed by atoms with Crippen LogP contribution in [0.5, 0.6) is 0 Å². The first-order chi connectivity index (χ1) is 11.7. The topological polar surface area (TPSA) is 24.1 Å². The maximum atomic E-state index is 5.55. The van der Waals surface area contributed by atoms with Crippen molar-refractivity contribution in [2.75, 3.05) is 0 Å². The van der Waals surface area contributed by atoms with Crippen LogP contribution < -0.4 is 10.6 Å². The highest BCUT2D eigenvalue weighted by atomic mass is 79.9. The summed E-state index contributed by atoms with van der Waals surface area (Å²) in [5, 5.41) is 7.75. The SMILES string of the molecule is S=C1NC(C2C3CC4CC(C3)CC2C4)=C[C@@H](c2ccc(Br)cc2)N1. The molecule has 2 nitrogen and oxygen atoms in total. The minimum Gasteiger partial charge on any atom is -0.352 e. The predicted octanol–water partition coefficient (Wildman–Crippen LogP) is 4.92. The summed E-state index contributed by atoms with van der Waals surface area (Å²) < 4.78 is 1.12. The van der Waals surface area contributed by atoms with Gasteiger partial charge in [0.15, 0.2) is 5.11 Å². The van der Waals surface area contributed by atoms with Crippen molar-refractivity contribution in [1.29, 1.82) is 0 Å². The average Bonchev–Trinajstić information content (AvgIpc) is 2.54. The normalized spacial score (nSPS) is 40.0. The summed E-state index contributed by atoms with van der Waals surface area (Å²) >= 11 is 9.07. The smallest absolute Gasteiger partial charge is 0.171 e. The van der Waals surface area contributed by atoms with Crippen LogP contribution in [0.15, 0.2) is 40.5 Å². The number of benzene rings is 1. The molecule has 5 aliphatic rings. The molecule has 0 radical (unpaired) electrons. The van der Waals surface area contributed by atoms with Gasteiger partial charge < -0.3 is 10.6 Å². The number of thiocarbonyl (C=S) groups is 1. The van der Waals surface area contributed by atoms with E-state index in [-0.39, 0.29) is 6.04 Å². The van der Waals surface area contributed by atoms with Crippen molar-refractivity contribution < 1.29 is 0 Å². The standard InChI is InChI=1S/C20H23BrN2S/c21-16-3-1-13(2-4-16)17-10-18(23-20(24)22-17)19-14-6-11-5-12(8-14)9-15(19)7-11/h1-4,10-12,14-15,17,19H,5-9H2,(H2,22,23,24)/t11?,12?,14?,15?,17-,19?/m0/s1. The maximum Gasteiger partial charge on any atom is 0.171 e. The molecule has 0 unspecified atom stereocenters. The summed E-state index contributed by atoms with van der Waals surface area (Å²) in [7, 11) is 0. The van der Waals surface area contributed by atoms with Gasteiger partial charge in [0.25, 0.3) is 0 Å². The molecule has 4 heteroatoms. The zero-order valence-electron chi connectivity index (χ0n) is 13.7. The predicted molar refractivity (Wildman–Crippen MR) is 104 cm³/mol. The molecule has 4 bridgehead atoms. The zero-order chi connectivity index (χ0) is 16.3. The number of allylic oxidation sites excluding steroid dienone is 1. The van der Waals surface area contributed by atoms with Gasteiger partial charge in [0.1, 0.15) is 0 Å². The Kier molecular flexibility index (Phi) is 3.75. The fourth-order valence-corrected chi connectivity index (χ4v) is 6.56. The molecule has 1 aromatic rings. The Bertz CT molecular complexity index is 668. The van der Waals surface area contributed by atoms with E-state index in [9.17, 15) is 0 Å². The second-order valence-corrected chi connectivity index (χ2v) is 9.53. The Morgan fingerprint density at radius 1 is 0.917 bits per heavy atom. The van der Waals surface area contributed by atoms with E-state index < -0.39 is 0 Å². The molecule has 1 aliphatic heterocycles. The van der Waals surface area contributed by atoms with E-state index >= 15 is 0 Å². The van der Waals surface area contributed by atoms with E-state index in [1.165, 1.54) is 43.4 Å². The van der Waals surface area contributed by atoms with Crippen molar-refractivity contribution in [3.05, 3.63) is 46.1 Å². The second kappa shape index (κ2) is 5.84. The fourth-order valence-electron chi connectivity index (χ4n) is 6.05. The molecule has 1 atom stereocenters. The highest BCUT2D eigenvalue weighted by molar-refractivity contribution is 9.10. The molecule has 126 valence electrons. The van der Waals surface area contributed by atoms with Gasteiger partial charge >= 0.3 is 0 Å². The van der Waals surface area contributed by atoms with Crippen LogP contribution in [0.1, 0.15) is 43.7 Å². The molecule has 0 saturated heterocycles. The molecule has 4 fully saturated rings. The second-order valence-electron chi connectivity index (χ2n) is 8.21. The molecule has 4 saturated carbocycles. The van der Waals surface area contributed by atoms with Crippen LogP contribution in [0, 0.1) is 29.6 Å². The van der Waals surface area contributed by atoms with Gasteiger partial charge in [0.2, 0.25) is 0 Å².